The zero-order chi connectivity index (χ0) is 14.7. The molecule has 0 saturated heterocycles. The normalized spacial score (nSPS) is 15.5. The van der Waals surface area contributed by atoms with Gasteiger partial charge in [-0.3, -0.25) is 4.79 Å². The maximum Gasteiger partial charge on any atom is 0.196 e. The lowest BCUT2D eigenvalue weighted by atomic mass is 9.98. The highest BCUT2D eigenvalue weighted by Crippen LogP contribution is 2.29. The second-order valence-corrected chi connectivity index (χ2v) is 4.75. The van der Waals surface area contributed by atoms with Crippen LogP contribution in [0.25, 0.3) is 6.08 Å². The highest BCUT2D eigenvalue weighted by Gasteiger charge is 2.22. The van der Waals surface area contributed by atoms with E-state index in [0.29, 0.717) is 23.5 Å². The van der Waals surface area contributed by atoms with Crippen LogP contribution in [-0.4, -0.2) is 19.0 Å². The standard InChI is InChI=1S/C18H16O3/c1-2-20-16-9-5-3-7-13(16)11-14-12-21-17-10-6-4-8-15(17)18(14)19/h3-11H,2,12H2,1H3/b14-11+. The Morgan fingerprint density at radius 2 is 1.90 bits per heavy atom. The number of benzene rings is 2. The molecule has 3 rings (SSSR count). The van der Waals surface area contributed by atoms with Crippen LogP contribution in [0.4, 0.5) is 0 Å². The van der Waals surface area contributed by atoms with Crippen LogP contribution in [0.3, 0.4) is 0 Å². The number of ether oxygens (including phenoxy) is 2. The zero-order valence-corrected chi connectivity index (χ0v) is 11.8. The Bertz CT molecular complexity index is 701. The van der Waals surface area contributed by atoms with E-state index in [1.54, 1.807) is 6.07 Å². The van der Waals surface area contributed by atoms with Crippen LogP contribution in [0, 0.1) is 0 Å². The SMILES string of the molecule is CCOc1ccccc1/C=C1\COc2ccccc2C1=O. The molecule has 3 heteroatoms. The third kappa shape index (κ3) is 2.68. The van der Waals surface area contributed by atoms with Crippen LogP contribution < -0.4 is 9.47 Å². The van der Waals surface area contributed by atoms with E-state index in [4.69, 9.17) is 9.47 Å². The first kappa shape index (κ1) is 13.4. The quantitative estimate of drug-likeness (QED) is 0.803. The molecular weight excluding hydrogens is 264 g/mol. The predicted molar refractivity (Wildman–Crippen MR) is 81.9 cm³/mol. The summed E-state index contributed by atoms with van der Waals surface area (Å²) in [5.74, 6) is 1.44. The van der Waals surface area contributed by atoms with Crippen molar-refractivity contribution in [2.45, 2.75) is 6.92 Å². The third-order valence-corrected chi connectivity index (χ3v) is 3.36. The van der Waals surface area contributed by atoms with E-state index in [1.807, 2.05) is 55.5 Å². The topological polar surface area (TPSA) is 35.5 Å². The molecule has 0 fully saturated rings. The van der Waals surface area contributed by atoms with Crippen molar-refractivity contribution in [1.29, 1.82) is 0 Å². The molecule has 2 aromatic rings. The highest BCUT2D eigenvalue weighted by atomic mass is 16.5. The van der Waals surface area contributed by atoms with Crippen molar-refractivity contribution in [2.24, 2.45) is 0 Å². The van der Waals surface area contributed by atoms with Crippen LogP contribution in [0.1, 0.15) is 22.8 Å². The first-order valence-electron chi connectivity index (χ1n) is 6.98. The lowest BCUT2D eigenvalue weighted by Crippen LogP contribution is -2.18. The van der Waals surface area contributed by atoms with Gasteiger partial charge < -0.3 is 9.47 Å². The average molecular weight is 280 g/mol. The van der Waals surface area contributed by atoms with Gasteiger partial charge in [-0.25, -0.2) is 0 Å². The molecule has 0 bridgehead atoms. The van der Waals surface area contributed by atoms with Gasteiger partial charge in [0.05, 0.1) is 12.2 Å². The predicted octanol–water partition coefficient (Wildman–Crippen LogP) is 3.74. The van der Waals surface area contributed by atoms with Crippen molar-refractivity contribution in [3.05, 3.63) is 65.2 Å². The molecule has 1 aliphatic heterocycles. The summed E-state index contributed by atoms with van der Waals surface area (Å²) in [5.41, 5.74) is 2.15. The summed E-state index contributed by atoms with van der Waals surface area (Å²) in [6, 6.07) is 15.0. The summed E-state index contributed by atoms with van der Waals surface area (Å²) in [6.45, 7) is 2.82. The van der Waals surface area contributed by atoms with Gasteiger partial charge in [-0.2, -0.15) is 0 Å². The van der Waals surface area contributed by atoms with Gasteiger partial charge >= 0.3 is 0 Å². The largest absolute Gasteiger partial charge is 0.493 e. The van der Waals surface area contributed by atoms with E-state index in [0.717, 1.165) is 11.3 Å². The van der Waals surface area contributed by atoms with Crippen molar-refractivity contribution >= 4 is 11.9 Å². The minimum absolute atomic E-state index is 0.0168. The Morgan fingerprint density at radius 3 is 2.76 bits per heavy atom. The molecule has 0 atom stereocenters. The van der Waals surface area contributed by atoms with E-state index in [1.165, 1.54) is 0 Å². The van der Waals surface area contributed by atoms with Crippen LogP contribution in [0.2, 0.25) is 0 Å². The fourth-order valence-corrected chi connectivity index (χ4v) is 2.36. The Balaban J connectivity index is 1.97. The maximum atomic E-state index is 12.5. The van der Waals surface area contributed by atoms with Crippen molar-refractivity contribution in [3.8, 4) is 11.5 Å². The molecule has 0 N–H and O–H groups in total. The first-order valence-corrected chi connectivity index (χ1v) is 6.98. The second-order valence-electron chi connectivity index (χ2n) is 4.75. The number of carbonyl (C=O) groups is 1. The van der Waals surface area contributed by atoms with Gasteiger partial charge in [0, 0.05) is 11.1 Å². The number of rotatable bonds is 3. The maximum absolute atomic E-state index is 12.5. The number of para-hydroxylation sites is 2. The van der Waals surface area contributed by atoms with E-state index in [2.05, 4.69) is 0 Å². The number of ketones is 1. The molecule has 3 nitrogen and oxygen atoms in total. The summed E-state index contributed by atoms with van der Waals surface area (Å²) >= 11 is 0. The summed E-state index contributed by atoms with van der Waals surface area (Å²) in [5, 5.41) is 0. The van der Waals surface area contributed by atoms with Gasteiger partial charge in [0.15, 0.2) is 5.78 Å². The highest BCUT2D eigenvalue weighted by molar-refractivity contribution is 6.14. The summed E-state index contributed by atoms with van der Waals surface area (Å²) in [6.07, 6.45) is 1.85. The molecule has 0 saturated carbocycles. The monoisotopic (exact) mass is 280 g/mol. The number of fused-ring (bicyclic) bond motifs is 1. The molecule has 0 aliphatic carbocycles. The molecule has 0 amide bonds. The van der Waals surface area contributed by atoms with E-state index in [9.17, 15) is 4.79 Å². The van der Waals surface area contributed by atoms with Crippen molar-refractivity contribution in [3.63, 3.8) is 0 Å². The zero-order valence-electron chi connectivity index (χ0n) is 11.8. The van der Waals surface area contributed by atoms with Gasteiger partial charge in [0.25, 0.3) is 0 Å². The third-order valence-electron chi connectivity index (χ3n) is 3.36. The van der Waals surface area contributed by atoms with Gasteiger partial charge in [-0.05, 0) is 31.2 Å². The van der Waals surface area contributed by atoms with Crippen LogP contribution in [-0.2, 0) is 0 Å². The van der Waals surface area contributed by atoms with Gasteiger partial charge in [-0.1, -0.05) is 30.3 Å². The Labute approximate surface area is 123 Å². The van der Waals surface area contributed by atoms with Crippen molar-refractivity contribution in [2.75, 3.05) is 13.2 Å². The van der Waals surface area contributed by atoms with Gasteiger partial charge in [0.1, 0.15) is 18.1 Å². The van der Waals surface area contributed by atoms with Gasteiger partial charge in [0.2, 0.25) is 0 Å². The van der Waals surface area contributed by atoms with Crippen LogP contribution in [0.15, 0.2) is 54.1 Å². The van der Waals surface area contributed by atoms with E-state index >= 15 is 0 Å². The minimum Gasteiger partial charge on any atom is -0.493 e. The van der Waals surface area contributed by atoms with E-state index < -0.39 is 0 Å². The van der Waals surface area contributed by atoms with Crippen molar-refractivity contribution < 1.29 is 14.3 Å². The number of hydrogen-bond acceptors (Lipinski definition) is 3. The fraction of sp³-hybridized carbons (Fsp3) is 0.167. The second kappa shape index (κ2) is 5.83. The minimum atomic E-state index is 0.0168. The lowest BCUT2D eigenvalue weighted by Gasteiger charge is -2.18. The summed E-state index contributed by atoms with van der Waals surface area (Å²) in [7, 11) is 0. The summed E-state index contributed by atoms with van der Waals surface area (Å²) < 4.78 is 11.2. The molecule has 1 heterocycles. The lowest BCUT2D eigenvalue weighted by molar-refractivity contribution is 0.100. The van der Waals surface area contributed by atoms with Crippen molar-refractivity contribution in [1.82, 2.24) is 0 Å². The molecule has 0 unspecified atom stereocenters. The molecular formula is C18H16O3. The smallest absolute Gasteiger partial charge is 0.196 e. The summed E-state index contributed by atoms with van der Waals surface area (Å²) in [4.78, 5) is 12.5. The molecule has 106 valence electrons. The Hall–Kier alpha value is -2.55. The van der Waals surface area contributed by atoms with Crippen LogP contribution in [0.5, 0.6) is 11.5 Å². The molecule has 21 heavy (non-hydrogen) atoms. The number of carbonyl (C=O) groups excluding carboxylic acids is 1. The first-order chi connectivity index (χ1) is 10.3. The Morgan fingerprint density at radius 1 is 1.14 bits per heavy atom. The molecule has 0 spiro atoms. The molecule has 0 aromatic heterocycles. The average Bonchev–Trinajstić information content (AvgIpc) is 2.52. The number of hydrogen-bond donors (Lipinski definition) is 0. The Kier molecular flexibility index (Phi) is 3.73. The molecule has 0 radical (unpaired) electrons. The van der Waals surface area contributed by atoms with E-state index in [-0.39, 0.29) is 12.4 Å². The molecule has 1 aliphatic rings. The van der Waals surface area contributed by atoms with Gasteiger partial charge in [-0.15, -0.1) is 0 Å². The number of Topliss-reactive ketones (excluding diaryl/α,β-unsaturated/α-hetero) is 1. The van der Waals surface area contributed by atoms with Crippen LogP contribution >= 0.6 is 0 Å². The molecule has 2 aromatic carbocycles. The fourth-order valence-electron chi connectivity index (χ4n) is 2.36.